The van der Waals surface area contributed by atoms with E-state index in [1.54, 1.807) is 0 Å². The van der Waals surface area contributed by atoms with Gasteiger partial charge >= 0.3 is 12.2 Å². The number of carbonyl (C=O) groups excluding carboxylic acids is 2. The van der Waals surface area contributed by atoms with E-state index in [2.05, 4.69) is 10.6 Å². The van der Waals surface area contributed by atoms with Crippen LogP contribution in [-0.4, -0.2) is 29.9 Å². The highest BCUT2D eigenvalue weighted by Gasteiger charge is 2.59. The number of ether oxygens (including phenoxy) is 2. The summed E-state index contributed by atoms with van der Waals surface area (Å²) in [6, 6.07) is 6.86. The van der Waals surface area contributed by atoms with Gasteiger partial charge in [-0.05, 0) is 29.8 Å². The number of Topliss-reactive ketones (excluding diaryl/α,β-unsaturated/α-hetero) is 1. The Labute approximate surface area is 172 Å². The molecule has 0 unspecified atom stereocenters. The summed E-state index contributed by atoms with van der Waals surface area (Å²) in [4.78, 5) is 24.7. The van der Waals surface area contributed by atoms with E-state index < -0.39 is 35.7 Å². The Morgan fingerprint density at radius 2 is 1.80 bits per heavy atom. The summed E-state index contributed by atoms with van der Waals surface area (Å²) in [7, 11) is 0. The van der Waals surface area contributed by atoms with E-state index in [1.165, 1.54) is 42.5 Å². The quantitative estimate of drug-likeness (QED) is 0.679. The minimum atomic E-state index is -5.27. The maximum absolute atomic E-state index is 13.5. The number of aliphatic hydroxyl groups is 1. The molecular formula is C19H14ClF3N2O5. The highest BCUT2D eigenvalue weighted by atomic mass is 35.5. The third kappa shape index (κ3) is 3.41. The number of amides is 2. The van der Waals surface area contributed by atoms with Crippen molar-refractivity contribution < 1.29 is 37.3 Å². The smallest absolute Gasteiger partial charge is 0.450 e. The van der Waals surface area contributed by atoms with Gasteiger partial charge < -0.3 is 25.2 Å². The third-order valence-corrected chi connectivity index (χ3v) is 5.23. The summed E-state index contributed by atoms with van der Waals surface area (Å²) in [5.41, 5.74) is -2.65. The van der Waals surface area contributed by atoms with Crippen molar-refractivity contribution in [3.05, 3.63) is 58.6 Å². The molecule has 0 bridgehead atoms. The van der Waals surface area contributed by atoms with Crippen LogP contribution < -0.4 is 20.1 Å². The van der Waals surface area contributed by atoms with E-state index in [-0.39, 0.29) is 28.7 Å². The zero-order valence-corrected chi connectivity index (χ0v) is 15.8. The SMILES string of the molecule is O=C1N[C@H](c2ccc3c(c2)OCO3)[C@@H](C(=O)C(F)(F)F)[C@@](O)(c2ccc(Cl)cc2)N1. The molecule has 11 heteroatoms. The summed E-state index contributed by atoms with van der Waals surface area (Å²) in [6.45, 7) is -0.0724. The van der Waals surface area contributed by atoms with Gasteiger partial charge in [-0.1, -0.05) is 29.8 Å². The van der Waals surface area contributed by atoms with E-state index in [1.807, 2.05) is 0 Å². The predicted molar refractivity (Wildman–Crippen MR) is 96.9 cm³/mol. The topological polar surface area (TPSA) is 96.9 Å². The molecule has 0 radical (unpaired) electrons. The molecule has 4 rings (SSSR count). The first-order chi connectivity index (χ1) is 14.1. The maximum atomic E-state index is 13.5. The average Bonchev–Trinajstić information content (AvgIpc) is 3.14. The molecule has 2 aromatic rings. The Bertz CT molecular complexity index is 1010. The van der Waals surface area contributed by atoms with Gasteiger partial charge in [0.05, 0.1) is 6.04 Å². The standard InChI is InChI=1S/C19H14ClF3N2O5/c20-11-4-2-10(3-5-11)18(28)14(16(26)19(21,22)23)15(24-17(27)25-18)9-1-6-12-13(7-9)30-8-29-12/h1-7,14-15,28H,8H2,(H2,24,25,27)/t14-,15+,18-/m0/s1. The molecule has 7 nitrogen and oxygen atoms in total. The zero-order chi connectivity index (χ0) is 21.7. The van der Waals surface area contributed by atoms with Gasteiger partial charge in [-0.2, -0.15) is 13.2 Å². The second-order valence-electron chi connectivity index (χ2n) is 6.80. The van der Waals surface area contributed by atoms with Crippen molar-refractivity contribution in [1.29, 1.82) is 0 Å². The van der Waals surface area contributed by atoms with Gasteiger partial charge in [0.25, 0.3) is 0 Å². The summed E-state index contributed by atoms with van der Waals surface area (Å²) in [5, 5.41) is 15.9. The molecule has 2 amide bonds. The largest absolute Gasteiger partial charge is 0.454 e. The molecule has 0 aromatic heterocycles. The zero-order valence-electron chi connectivity index (χ0n) is 15.0. The molecule has 158 valence electrons. The molecule has 2 aromatic carbocycles. The first-order valence-corrected chi connectivity index (χ1v) is 9.05. The van der Waals surface area contributed by atoms with Crippen molar-refractivity contribution in [1.82, 2.24) is 10.6 Å². The van der Waals surface area contributed by atoms with Gasteiger partial charge in [0.2, 0.25) is 12.6 Å². The number of hydrogen-bond donors (Lipinski definition) is 3. The number of fused-ring (bicyclic) bond motifs is 1. The van der Waals surface area contributed by atoms with Gasteiger partial charge in [-0.3, -0.25) is 4.79 Å². The fraction of sp³-hybridized carbons (Fsp3) is 0.263. The third-order valence-electron chi connectivity index (χ3n) is 4.98. The summed E-state index contributed by atoms with van der Waals surface area (Å²) >= 11 is 5.82. The molecule has 2 aliphatic heterocycles. The number of nitrogens with one attached hydrogen (secondary N) is 2. The van der Waals surface area contributed by atoms with Gasteiger partial charge in [-0.25, -0.2) is 4.79 Å². The number of ketones is 1. The predicted octanol–water partition coefficient (Wildman–Crippen LogP) is 3.02. The number of halogens is 4. The lowest BCUT2D eigenvalue weighted by molar-refractivity contribution is -0.190. The van der Waals surface area contributed by atoms with Crippen LogP contribution in [0.2, 0.25) is 5.02 Å². The van der Waals surface area contributed by atoms with E-state index in [0.717, 1.165) is 0 Å². The second kappa shape index (κ2) is 7.06. The first kappa shape index (κ1) is 20.3. The minimum absolute atomic E-state index is 0.0724. The number of alkyl halides is 3. The average molecular weight is 443 g/mol. The van der Waals surface area contributed by atoms with Crippen LogP contribution in [0.1, 0.15) is 17.2 Å². The Hall–Kier alpha value is -2.98. The highest BCUT2D eigenvalue weighted by Crippen LogP contribution is 2.45. The van der Waals surface area contributed by atoms with Crippen molar-refractivity contribution in [2.24, 2.45) is 5.92 Å². The first-order valence-electron chi connectivity index (χ1n) is 8.67. The van der Waals surface area contributed by atoms with Crippen molar-refractivity contribution in [3.63, 3.8) is 0 Å². The normalized spacial score (nSPS) is 25.4. The molecular weight excluding hydrogens is 429 g/mol. The Balaban J connectivity index is 1.86. The number of hydrogen-bond acceptors (Lipinski definition) is 5. The summed E-state index contributed by atoms with van der Waals surface area (Å²) in [5.74, 6) is -3.74. The molecule has 3 N–H and O–H groups in total. The molecule has 3 atom stereocenters. The highest BCUT2D eigenvalue weighted by molar-refractivity contribution is 6.30. The van der Waals surface area contributed by atoms with Crippen molar-refractivity contribution in [3.8, 4) is 11.5 Å². The van der Waals surface area contributed by atoms with Crippen LogP contribution in [0.4, 0.5) is 18.0 Å². The fourth-order valence-electron chi connectivity index (χ4n) is 3.61. The summed E-state index contributed by atoms with van der Waals surface area (Å²) < 4.78 is 50.9. The van der Waals surface area contributed by atoms with Crippen LogP contribution >= 0.6 is 11.6 Å². The Kier molecular flexibility index (Phi) is 4.78. The van der Waals surface area contributed by atoms with E-state index in [4.69, 9.17) is 21.1 Å². The maximum Gasteiger partial charge on any atom is 0.450 e. The molecule has 2 aliphatic rings. The lowest BCUT2D eigenvalue weighted by atomic mass is 9.76. The molecule has 0 saturated carbocycles. The van der Waals surface area contributed by atoms with Crippen LogP contribution in [0.15, 0.2) is 42.5 Å². The lowest BCUT2D eigenvalue weighted by Crippen LogP contribution is -2.66. The van der Waals surface area contributed by atoms with Crippen LogP contribution in [0, 0.1) is 5.92 Å². The Morgan fingerprint density at radius 3 is 2.47 bits per heavy atom. The number of carbonyl (C=O) groups is 2. The number of rotatable bonds is 3. The van der Waals surface area contributed by atoms with Crippen LogP contribution in [-0.2, 0) is 10.5 Å². The monoisotopic (exact) mass is 442 g/mol. The van der Waals surface area contributed by atoms with Crippen molar-refractivity contribution >= 4 is 23.4 Å². The molecule has 0 spiro atoms. The molecule has 2 heterocycles. The van der Waals surface area contributed by atoms with Gasteiger partial charge in [0.15, 0.2) is 17.2 Å². The lowest BCUT2D eigenvalue weighted by Gasteiger charge is -2.45. The molecule has 30 heavy (non-hydrogen) atoms. The van der Waals surface area contributed by atoms with Crippen LogP contribution in [0.25, 0.3) is 0 Å². The Morgan fingerprint density at radius 1 is 1.13 bits per heavy atom. The number of benzene rings is 2. The van der Waals surface area contributed by atoms with E-state index in [0.29, 0.717) is 5.75 Å². The van der Waals surface area contributed by atoms with Gasteiger partial charge in [-0.15, -0.1) is 0 Å². The fourth-order valence-corrected chi connectivity index (χ4v) is 3.73. The molecule has 0 aliphatic carbocycles. The second-order valence-corrected chi connectivity index (χ2v) is 7.24. The van der Waals surface area contributed by atoms with Gasteiger partial charge in [0, 0.05) is 10.6 Å². The van der Waals surface area contributed by atoms with E-state index >= 15 is 0 Å². The van der Waals surface area contributed by atoms with Gasteiger partial charge in [0.1, 0.15) is 5.92 Å². The van der Waals surface area contributed by atoms with Crippen molar-refractivity contribution in [2.45, 2.75) is 17.9 Å². The number of urea groups is 1. The summed E-state index contributed by atoms with van der Waals surface area (Å²) in [6.07, 6.45) is -5.27. The molecule has 1 fully saturated rings. The van der Waals surface area contributed by atoms with Crippen molar-refractivity contribution in [2.75, 3.05) is 6.79 Å². The van der Waals surface area contributed by atoms with E-state index in [9.17, 15) is 27.9 Å². The molecule has 1 saturated heterocycles. The van der Waals surface area contributed by atoms with Crippen LogP contribution in [0.5, 0.6) is 11.5 Å². The minimum Gasteiger partial charge on any atom is -0.454 e. The van der Waals surface area contributed by atoms with Crippen LogP contribution in [0.3, 0.4) is 0 Å².